The summed E-state index contributed by atoms with van der Waals surface area (Å²) >= 11 is 3.68. The van der Waals surface area contributed by atoms with Crippen LogP contribution in [0.1, 0.15) is 0 Å². The van der Waals surface area contributed by atoms with Gasteiger partial charge in [-0.3, -0.25) is 0 Å². The maximum Gasteiger partial charge on any atom is 0.302 e. The van der Waals surface area contributed by atoms with E-state index in [2.05, 4.69) is 130 Å². The molecule has 7 aromatic rings. The monoisotopic (exact) mass is 472 g/mol. The van der Waals surface area contributed by atoms with Crippen molar-refractivity contribution < 1.29 is 9.13 Å². The number of aromatic nitrogens is 2. The van der Waals surface area contributed by atoms with Gasteiger partial charge in [-0.05, 0) is 0 Å². The summed E-state index contributed by atoms with van der Waals surface area (Å²) in [6, 6.07) is 43.6. The molecule has 0 aliphatic rings. The van der Waals surface area contributed by atoms with E-state index in [1.165, 1.54) is 40.9 Å². The molecule has 2 aromatic heterocycles. The number of fused-ring (bicyclic) bond motifs is 4. The predicted molar refractivity (Wildman–Crippen MR) is 144 cm³/mol. The Bertz CT molecular complexity index is 1610. The average molecular weight is 473 g/mol. The minimum absolute atomic E-state index is 1.16. The van der Waals surface area contributed by atoms with Gasteiger partial charge in [0, 0.05) is 72.8 Å². The van der Waals surface area contributed by atoms with Crippen LogP contribution >= 0.6 is 22.7 Å². The fourth-order valence-corrected chi connectivity index (χ4v) is 6.83. The molecule has 7 rings (SSSR count). The van der Waals surface area contributed by atoms with Crippen LogP contribution in [0.5, 0.6) is 0 Å². The molecule has 34 heavy (non-hydrogen) atoms. The van der Waals surface area contributed by atoms with Crippen molar-refractivity contribution in [1.29, 1.82) is 0 Å². The van der Waals surface area contributed by atoms with E-state index in [1.54, 1.807) is 0 Å². The van der Waals surface area contributed by atoms with E-state index < -0.39 is 0 Å². The molecule has 2 heterocycles. The summed E-state index contributed by atoms with van der Waals surface area (Å²) in [6.07, 6.45) is 0. The molecule has 0 atom stereocenters. The molecule has 0 aliphatic carbocycles. The first-order valence-electron chi connectivity index (χ1n) is 11.3. The summed E-state index contributed by atoms with van der Waals surface area (Å²) in [5.74, 6) is 0. The third kappa shape index (κ3) is 3.07. The Balaban J connectivity index is 1.49. The van der Waals surface area contributed by atoms with Crippen molar-refractivity contribution in [2.24, 2.45) is 0 Å². The molecule has 0 amide bonds. The summed E-state index contributed by atoms with van der Waals surface area (Å²) in [5.41, 5.74) is 7.23. The summed E-state index contributed by atoms with van der Waals surface area (Å²) in [6.45, 7) is 0. The van der Waals surface area contributed by atoms with Crippen LogP contribution < -0.4 is 9.13 Å². The van der Waals surface area contributed by atoms with Gasteiger partial charge in [0.2, 0.25) is 34.0 Å². The van der Waals surface area contributed by atoms with Crippen molar-refractivity contribution >= 4 is 63.5 Å². The Morgan fingerprint density at radius 2 is 0.588 bits per heavy atom. The number of nitrogens with zero attached hydrogens (tertiary/aromatic N) is 2. The smallest absolute Gasteiger partial charge is 0.144 e. The maximum absolute atomic E-state index is 2.37. The zero-order chi connectivity index (χ0) is 22.5. The highest BCUT2D eigenvalue weighted by Crippen LogP contribution is 2.27. The van der Waals surface area contributed by atoms with Crippen LogP contribution in [0.3, 0.4) is 0 Å². The highest BCUT2D eigenvalue weighted by molar-refractivity contribution is 7.24. The molecule has 0 saturated carbocycles. The maximum atomic E-state index is 2.37. The number of rotatable bonds is 2. The largest absolute Gasteiger partial charge is 0.302 e. The lowest BCUT2D eigenvalue weighted by atomic mass is 10.2. The van der Waals surface area contributed by atoms with Crippen molar-refractivity contribution in [3.05, 3.63) is 121 Å². The summed E-state index contributed by atoms with van der Waals surface area (Å²) in [5, 5.41) is 0. The summed E-state index contributed by atoms with van der Waals surface area (Å²) < 4.78 is 9.86. The Hall–Kier alpha value is -3.86. The van der Waals surface area contributed by atoms with Gasteiger partial charge in [0.25, 0.3) is 22.1 Å². The van der Waals surface area contributed by atoms with Crippen molar-refractivity contribution in [3.63, 3.8) is 0 Å². The van der Waals surface area contributed by atoms with Gasteiger partial charge in [0.15, 0.2) is 0 Å². The minimum atomic E-state index is 1.16. The zero-order valence-electron chi connectivity index (χ0n) is 18.3. The van der Waals surface area contributed by atoms with Gasteiger partial charge < -0.3 is 0 Å². The van der Waals surface area contributed by atoms with Crippen molar-refractivity contribution in [2.45, 2.75) is 0 Å². The highest BCUT2D eigenvalue weighted by atomic mass is 32.1. The fraction of sp³-hybridized carbons (Fsp3) is 0. The van der Waals surface area contributed by atoms with E-state index in [1.807, 2.05) is 22.7 Å². The Kier molecular flexibility index (Phi) is 4.54. The Labute approximate surface area is 204 Å². The molecule has 158 valence electrons. The van der Waals surface area contributed by atoms with Gasteiger partial charge in [0.05, 0.1) is 0 Å². The van der Waals surface area contributed by atoms with Crippen LogP contribution in [0.15, 0.2) is 121 Å². The third-order valence-corrected chi connectivity index (χ3v) is 8.49. The molecule has 0 unspecified atom stereocenters. The molecule has 0 aliphatic heterocycles. The molecule has 0 N–H and O–H groups in total. The van der Waals surface area contributed by atoms with E-state index >= 15 is 0 Å². The second-order valence-corrected chi connectivity index (χ2v) is 10.4. The predicted octanol–water partition coefficient (Wildman–Crippen LogP) is 7.54. The first kappa shape index (κ1) is 19.6. The standard InChI is InChI=1S/C30H20N2S2/c1-5-13-27-23(9-1)31(24-10-2-6-14-28(24)33-27)21-17-19-22(20-18-21)32-25-11-3-7-15-29(25)34-30-16-8-4-12-26(30)32/h1-20H/q+4. The fourth-order valence-electron chi connectivity index (χ4n) is 4.72. The SMILES string of the molecule is c1ccc2c(c1)[s+]c1ccccc1[n+]2-c1ccc(-[n+]2c3ccccc3[s+]c3ccccc32)cc1. The van der Waals surface area contributed by atoms with Gasteiger partial charge in [0.1, 0.15) is 0 Å². The first-order valence-corrected chi connectivity index (χ1v) is 12.9. The van der Waals surface area contributed by atoms with E-state index in [0.717, 1.165) is 11.4 Å². The van der Waals surface area contributed by atoms with Crippen LogP contribution in [-0.4, -0.2) is 0 Å². The number of para-hydroxylation sites is 4. The molecule has 5 aromatic carbocycles. The lowest BCUT2D eigenvalue weighted by Gasteiger charge is -2.02. The van der Waals surface area contributed by atoms with Crippen LogP contribution in [0, 0.1) is 0 Å². The number of hydrogen-bond donors (Lipinski definition) is 0. The van der Waals surface area contributed by atoms with Gasteiger partial charge in [-0.25, -0.2) is 0 Å². The van der Waals surface area contributed by atoms with Crippen LogP contribution in [0.4, 0.5) is 0 Å². The quantitative estimate of drug-likeness (QED) is 0.139. The van der Waals surface area contributed by atoms with Crippen molar-refractivity contribution in [2.75, 3.05) is 0 Å². The van der Waals surface area contributed by atoms with Gasteiger partial charge >= 0.3 is 18.8 Å². The number of benzene rings is 5. The van der Waals surface area contributed by atoms with Crippen LogP contribution in [-0.2, 0) is 0 Å². The average Bonchev–Trinajstić information content (AvgIpc) is 2.90. The molecule has 0 fully saturated rings. The molecule has 0 spiro atoms. The Morgan fingerprint density at radius 1 is 0.324 bits per heavy atom. The molecule has 0 saturated heterocycles. The Morgan fingerprint density at radius 3 is 0.882 bits per heavy atom. The second-order valence-electron chi connectivity index (χ2n) is 8.26. The minimum Gasteiger partial charge on any atom is -0.144 e. The van der Waals surface area contributed by atoms with E-state index in [-0.39, 0.29) is 0 Å². The first-order chi connectivity index (χ1) is 16.9. The molecule has 2 nitrogen and oxygen atoms in total. The molecule has 0 bridgehead atoms. The molecular weight excluding hydrogens is 452 g/mol. The van der Waals surface area contributed by atoms with E-state index in [0.29, 0.717) is 0 Å². The molecular formula is C30H20N2S2+4. The lowest BCUT2D eigenvalue weighted by molar-refractivity contribution is -0.541. The topological polar surface area (TPSA) is 7.76 Å². The lowest BCUT2D eigenvalue weighted by Crippen LogP contribution is -2.34. The van der Waals surface area contributed by atoms with Gasteiger partial charge in [-0.15, -0.1) is 9.13 Å². The highest BCUT2D eigenvalue weighted by Gasteiger charge is 2.28. The zero-order valence-corrected chi connectivity index (χ0v) is 19.9. The molecule has 4 heteroatoms. The number of hydrogen-bond acceptors (Lipinski definition) is 0. The second kappa shape index (κ2) is 7.87. The van der Waals surface area contributed by atoms with Gasteiger partial charge in [-0.1, -0.05) is 48.5 Å². The van der Waals surface area contributed by atoms with E-state index in [4.69, 9.17) is 0 Å². The molecule has 0 radical (unpaired) electrons. The normalized spacial score (nSPS) is 11.5. The third-order valence-electron chi connectivity index (χ3n) is 6.23. The van der Waals surface area contributed by atoms with Crippen LogP contribution in [0.25, 0.3) is 52.2 Å². The van der Waals surface area contributed by atoms with Crippen molar-refractivity contribution in [3.8, 4) is 11.4 Å². The van der Waals surface area contributed by atoms with Crippen molar-refractivity contribution in [1.82, 2.24) is 0 Å². The summed E-state index contributed by atoms with van der Waals surface area (Å²) in [4.78, 5) is 0. The van der Waals surface area contributed by atoms with Gasteiger partial charge in [-0.2, -0.15) is 0 Å². The summed E-state index contributed by atoms with van der Waals surface area (Å²) in [7, 11) is 0. The van der Waals surface area contributed by atoms with E-state index in [9.17, 15) is 0 Å². The van der Waals surface area contributed by atoms with Crippen LogP contribution in [0.2, 0.25) is 0 Å².